The van der Waals surface area contributed by atoms with E-state index in [-0.39, 0.29) is 27.4 Å². The van der Waals surface area contributed by atoms with Crippen molar-refractivity contribution in [2.45, 2.75) is 17.2 Å². The number of rotatable bonds is 2. The summed E-state index contributed by atoms with van der Waals surface area (Å²) in [5.41, 5.74) is -2.84. The molecule has 35 heavy (non-hydrogen) atoms. The molecule has 2 aromatic carbocycles. The molecule has 0 saturated heterocycles. The molecule has 0 radical (unpaired) electrons. The molecule has 0 unspecified atom stereocenters. The molecular weight excluding hydrogens is 498 g/mol. The number of hydrogen-bond acceptors (Lipinski definition) is 4. The first-order valence-corrected chi connectivity index (χ1v) is 11.1. The molecule has 13 heteroatoms. The number of hydrogen-bond donors (Lipinski definition) is 1. The van der Waals surface area contributed by atoms with E-state index in [1.54, 1.807) is 0 Å². The average Bonchev–Trinajstić information content (AvgIpc) is 3.18. The molecule has 0 aliphatic rings. The first-order valence-electron chi connectivity index (χ1n) is 9.52. The number of nitrogens with two attached hydrogens (primary N) is 1. The minimum absolute atomic E-state index is 0.0279. The van der Waals surface area contributed by atoms with Crippen molar-refractivity contribution in [3.8, 4) is 23.1 Å². The third-order valence-electron chi connectivity index (χ3n) is 4.77. The Balaban J connectivity index is 1.84. The molecule has 0 bridgehead atoms. The van der Waals surface area contributed by atoms with Crippen LogP contribution in [0, 0.1) is 11.8 Å². The number of nitrogens with zero attached hydrogens (tertiary/aromatic N) is 3. The first-order chi connectivity index (χ1) is 16.2. The van der Waals surface area contributed by atoms with E-state index in [4.69, 9.17) is 5.14 Å². The van der Waals surface area contributed by atoms with Crippen molar-refractivity contribution in [2.24, 2.45) is 5.14 Å². The van der Waals surface area contributed by atoms with Crippen LogP contribution in [0.4, 0.5) is 26.3 Å². The monoisotopic (exact) mass is 510 g/mol. The first kappa shape index (κ1) is 24.2. The summed E-state index contributed by atoms with van der Waals surface area (Å²) in [6, 6.07) is 9.50. The average molecular weight is 510 g/mol. The predicted octanol–water partition coefficient (Wildman–Crippen LogP) is 4.48. The number of sulfonamides is 1. The summed E-state index contributed by atoms with van der Waals surface area (Å²) in [6.07, 6.45) is -8.55. The van der Waals surface area contributed by atoms with Crippen molar-refractivity contribution in [2.75, 3.05) is 0 Å². The largest absolute Gasteiger partial charge is 0.433 e. The maximum atomic E-state index is 13.7. The Labute approximate surface area is 194 Å². The van der Waals surface area contributed by atoms with Gasteiger partial charge in [-0.25, -0.2) is 23.1 Å². The smallest absolute Gasteiger partial charge is 0.227 e. The van der Waals surface area contributed by atoms with Crippen molar-refractivity contribution in [1.29, 1.82) is 0 Å². The van der Waals surface area contributed by atoms with Gasteiger partial charge in [0.05, 0.1) is 27.9 Å². The third-order valence-corrected chi connectivity index (χ3v) is 5.70. The molecule has 2 aromatic heterocycles. The van der Waals surface area contributed by atoms with E-state index in [0.717, 1.165) is 18.3 Å². The van der Waals surface area contributed by atoms with E-state index < -0.39 is 33.6 Å². The Kier molecular flexibility index (Phi) is 5.82. The van der Waals surface area contributed by atoms with Crippen LogP contribution >= 0.6 is 0 Å². The Bertz CT molecular complexity index is 1600. The second-order valence-electron chi connectivity index (χ2n) is 7.22. The van der Waals surface area contributed by atoms with Gasteiger partial charge in [-0.1, -0.05) is 24.0 Å². The Morgan fingerprint density at radius 3 is 2.17 bits per heavy atom. The summed E-state index contributed by atoms with van der Waals surface area (Å²) in [4.78, 5) is 3.94. The van der Waals surface area contributed by atoms with Gasteiger partial charge in [0, 0.05) is 11.1 Å². The highest BCUT2D eigenvalue weighted by molar-refractivity contribution is 7.89. The topological polar surface area (TPSA) is 90.4 Å². The van der Waals surface area contributed by atoms with Gasteiger partial charge >= 0.3 is 12.4 Å². The predicted molar refractivity (Wildman–Crippen MR) is 112 cm³/mol. The summed E-state index contributed by atoms with van der Waals surface area (Å²) in [7, 11) is -3.92. The van der Waals surface area contributed by atoms with Crippen LogP contribution in [0.25, 0.3) is 16.9 Å². The summed E-state index contributed by atoms with van der Waals surface area (Å²) in [5, 5.41) is 8.72. The molecule has 180 valence electrons. The summed E-state index contributed by atoms with van der Waals surface area (Å²) < 4.78 is 104. The fraction of sp³-hybridized carbons (Fsp3) is 0.0909. The van der Waals surface area contributed by atoms with Gasteiger partial charge in [-0.3, -0.25) is 0 Å². The van der Waals surface area contributed by atoms with Gasteiger partial charge < -0.3 is 0 Å². The number of alkyl halides is 6. The number of benzene rings is 2. The van der Waals surface area contributed by atoms with Gasteiger partial charge in [-0.15, -0.1) is 0 Å². The molecule has 0 aliphatic heterocycles. The Hall–Kier alpha value is -3.89. The lowest BCUT2D eigenvalue weighted by Crippen LogP contribution is -2.14. The van der Waals surface area contributed by atoms with E-state index in [0.29, 0.717) is 22.2 Å². The van der Waals surface area contributed by atoms with Crippen LogP contribution < -0.4 is 5.14 Å². The second-order valence-corrected chi connectivity index (χ2v) is 8.78. The molecule has 6 nitrogen and oxygen atoms in total. The lowest BCUT2D eigenvalue weighted by Gasteiger charge is -2.12. The number of fused-ring (bicyclic) bond motifs is 1. The molecule has 0 amide bonds. The van der Waals surface area contributed by atoms with Crippen molar-refractivity contribution in [3.05, 3.63) is 83.2 Å². The maximum Gasteiger partial charge on any atom is 0.433 e. The molecule has 0 spiro atoms. The molecule has 0 aliphatic carbocycles. The van der Waals surface area contributed by atoms with Gasteiger partial charge in [0.2, 0.25) is 10.0 Å². The van der Waals surface area contributed by atoms with Gasteiger partial charge in [0.1, 0.15) is 0 Å². The van der Waals surface area contributed by atoms with Gasteiger partial charge in [0.25, 0.3) is 0 Å². The Morgan fingerprint density at radius 2 is 1.57 bits per heavy atom. The minimum Gasteiger partial charge on any atom is -0.227 e. The SMILES string of the molecule is NS(=O)(=O)c1ccc(C#Cc2cnn3c(C(F)(F)F)cc(-c4cccc(C(F)(F)F)c4)nc23)cc1. The highest BCUT2D eigenvalue weighted by atomic mass is 32.2. The van der Waals surface area contributed by atoms with Crippen LogP contribution in [0.5, 0.6) is 0 Å². The van der Waals surface area contributed by atoms with Crippen molar-refractivity contribution in [3.63, 3.8) is 0 Å². The number of halogens is 6. The molecule has 4 aromatic rings. The van der Waals surface area contributed by atoms with E-state index >= 15 is 0 Å². The summed E-state index contributed by atoms with van der Waals surface area (Å²) in [6.45, 7) is 0. The highest BCUT2D eigenvalue weighted by Crippen LogP contribution is 2.35. The number of aromatic nitrogens is 3. The lowest BCUT2D eigenvalue weighted by atomic mass is 10.1. The van der Waals surface area contributed by atoms with E-state index in [2.05, 4.69) is 21.9 Å². The quantitative estimate of drug-likeness (QED) is 0.318. The van der Waals surface area contributed by atoms with Gasteiger partial charge in [0.15, 0.2) is 11.3 Å². The minimum atomic E-state index is -4.89. The second kappa shape index (κ2) is 8.40. The van der Waals surface area contributed by atoms with Gasteiger partial charge in [-0.2, -0.15) is 31.4 Å². The molecule has 0 saturated carbocycles. The molecule has 0 fully saturated rings. The zero-order valence-electron chi connectivity index (χ0n) is 17.2. The fourth-order valence-corrected chi connectivity index (χ4v) is 3.64. The van der Waals surface area contributed by atoms with Crippen LogP contribution in [0.1, 0.15) is 22.4 Å². The van der Waals surface area contributed by atoms with E-state index in [9.17, 15) is 34.8 Å². The summed E-state index contributed by atoms with van der Waals surface area (Å²) >= 11 is 0. The van der Waals surface area contributed by atoms with Crippen molar-refractivity contribution < 1.29 is 34.8 Å². The highest BCUT2D eigenvalue weighted by Gasteiger charge is 2.36. The summed E-state index contributed by atoms with van der Waals surface area (Å²) in [5.74, 6) is 5.27. The van der Waals surface area contributed by atoms with Crippen LogP contribution in [0.3, 0.4) is 0 Å². The Morgan fingerprint density at radius 1 is 0.886 bits per heavy atom. The molecule has 0 atom stereocenters. The van der Waals surface area contributed by atoms with Crippen LogP contribution in [-0.4, -0.2) is 23.0 Å². The number of primary sulfonamides is 1. The van der Waals surface area contributed by atoms with Crippen molar-refractivity contribution in [1.82, 2.24) is 14.6 Å². The standard InChI is InChI=1S/C22H12F6N4O2S/c23-21(24,25)16-3-1-2-14(10-16)18-11-19(22(26,27)28)32-20(31-18)15(12-30-32)7-4-13-5-8-17(9-6-13)35(29,33)34/h1-3,5-6,8-12H,(H2,29,33,34). The molecule has 4 rings (SSSR count). The maximum absolute atomic E-state index is 13.7. The van der Waals surface area contributed by atoms with Gasteiger partial charge in [-0.05, 0) is 42.5 Å². The normalized spacial score (nSPS) is 12.4. The van der Waals surface area contributed by atoms with E-state index in [1.807, 2.05) is 0 Å². The lowest BCUT2D eigenvalue weighted by molar-refractivity contribution is -0.142. The molecule has 2 heterocycles. The molecular formula is C22H12F6N4O2S. The van der Waals surface area contributed by atoms with E-state index in [1.165, 1.54) is 30.3 Å². The van der Waals surface area contributed by atoms with Crippen LogP contribution in [0.15, 0.2) is 65.7 Å². The zero-order chi connectivity index (χ0) is 25.6. The van der Waals surface area contributed by atoms with Crippen LogP contribution in [-0.2, 0) is 22.4 Å². The van der Waals surface area contributed by atoms with Crippen molar-refractivity contribution >= 4 is 15.7 Å². The fourth-order valence-electron chi connectivity index (χ4n) is 3.12. The third kappa shape index (κ3) is 5.13. The molecule has 2 N–H and O–H groups in total. The van der Waals surface area contributed by atoms with Crippen LogP contribution in [0.2, 0.25) is 0 Å². The zero-order valence-corrected chi connectivity index (χ0v) is 18.0.